The summed E-state index contributed by atoms with van der Waals surface area (Å²) in [4.78, 5) is 26.9. The van der Waals surface area contributed by atoms with Crippen LogP contribution in [0, 0.1) is 13.8 Å². The maximum Gasteiger partial charge on any atom is 0.264 e. The van der Waals surface area contributed by atoms with Gasteiger partial charge in [0, 0.05) is 43.9 Å². The van der Waals surface area contributed by atoms with Crippen LogP contribution in [0.3, 0.4) is 0 Å². The number of hydrogen-bond acceptors (Lipinski definition) is 5. The monoisotopic (exact) mass is 344 g/mol. The predicted molar refractivity (Wildman–Crippen MR) is 98.0 cm³/mol. The van der Waals surface area contributed by atoms with Gasteiger partial charge >= 0.3 is 0 Å². The SMILES string of the molecule is Cc1cc(N2CCN(C(=O)c3sccc3C)CC2)nc(C(C)C)n1. The molecule has 0 N–H and O–H groups in total. The third-order valence-corrected chi connectivity index (χ3v) is 5.33. The minimum atomic E-state index is 0.156. The number of thiophene rings is 1. The minimum absolute atomic E-state index is 0.156. The zero-order valence-electron chi connectivity index (χ0n) is 14.7. The largest absolute Gasteiger partial charge is 0.353 e. The van der Waals surface area contributed by atoms with Gasteiger partial charge in [-0.05, 0) is 30.9 Å². The summed E-state index contributed by atoms with van der Waals surface area (Å²) in [6.45, 7) is 11.3. The average Bonchev–Trinajstić information content (AvgIpc) is 2.99. The van der Waals surface area contributed by atoms with Gasteiger partial charge in [-0.25, -0.2) is 9.97 Å². The number of carbonyl (C=O) groups excluding carboxylic acids is 1. The van der Waals surface area contributed by atoms with E-state index in [1.165, 1.54) is 11.3 Å². The molecule has 0 saturated carbocycles. The number of rotatable bonds is 3. The van der Waals surface area contributed by atoms with E-state index in [9.17, 15) is 4.79 Å². The molecule has 0 bridgehead atoms. The van der Waals surface area contributed by atoms with Crippen LogP contribution in [0.25, 0.3) is 0 Å². The summed E-state index contributed by atoms with van der Waals surface area (Å²) < 4.78 is 0. The first-order chi connectivity index (χ1) is 11.5. The number of aromatic nitrogens is 2. The number of anilines is 1. The summed E-state index contributed by atoms with van der Waals surface area (Å²) in [7, 11) is 0. The lowest BCUT2D eigenvalue weighted by molar-refractivity contribution is 0.0750. The third kappa shape index (κ3) is 3.43. The topological polar surface area (TPSA) is 49.3 Å². The first-order valence-electron chi connectivity index (χ1n) is 8.39. The van der Waals surface area contributed by atoms with Crippen LogP contribution in [-0.4, -0.2) is 47.0 Å². The maximum absolute atomic E-state index is 12.6. The van der Waals surface area contributed by atoms with E-state index in [0.29, 0.717) is 5.92 Å². The molecule has 2 aromatic rings. The summed E-state index contributed by atoms with van der Waals surface area (Å²) in [5.41, 5.74) is 2.07. The predicted octanol–water partition coefficient (Wildman–Crippen LogP) is 3.24. The molecular formula is C18H24N4OS. The van der Waals surface area contributed by atoms with Gasteiger partial charge < -0.3 is 9.80 Å². The minimum Gasteiger partial charge on any atom is -0.353 e. The smallest absolute Gasteiger partial charge is 0.264 e. The molecule has 24 heavy (non-hydrogen) atoms. The summed E-state index contributed by atoms with van der Waals surface area (Å²) in [5.74, 6) is 2.33. The fourth-order valence-corrected chi connectivity index (χ4v) is 3.76. The lowest BCUT2D eigenvalue weighted by Gasteiger charge is -2.35. The van der Waals surface area contributed by atoms with Gasteiger partial charge in [0.15, 0.2) is 0 Å². The average molecular weight is 344 g/mol. The van der Waals surface area contributed by atoms with Crippen molar-refractivity contribution in [1.29, 1.82) is 0 Å². The molecule has 0 radical (unpaired) electrons. The molecule has 6 heteroatoms. The van der Waals surface area contributed by atoms with Crippen LogP contribution < -0.4 is 4.90 Å². The molecule has 1 aliphatic heterocycles. The fraction of sp³-hybridized carbons (Fsp3) is 0.500. The molecule has 0 aliphatic carbocycles. The van der Waals surface area contributed by atoms with Crippen LogP contribution in [0.2, 0.25) is 0 Å². The summed E-state index contributed by atoms with van der Waals surface area (Å²) >= 11 is 1.53. The number of amides is 1. The van der Waals surface area contributed by atoms with Crippen molar-refractivity contribution < 1.29 is 4.79 Å². The van der Waals surface area contributed by atoms with Crippen molar-refractivity contribution in [3.05, 3.63) is 39.5 Å². The summed E-state index contributed by atoms with van der Waals surface area (Å²) in [6.07, 6.45) is 0. The van der Waals surface area contributed by atoms with Gasteiger partial charge in [0.2, 0.25) is 0 Å². The first-order valence-corrected chi connectivity index (χ1v) is 9.27. The molecule has 1 fully saturated rings. The van der Waals surface area contributed by atoms with Crippen LogP contribution in [0.5, 0.6) is 0 Å². The Morgan fingerprint density at radius 1 is 1.17 bits per heavy atom. The van der Waals surface area contributed by atoms with Crippen molar-refractivity contribution in [3.63, 3.8) is 0 Å². The normalized spacial score (nSPS) is 15.2. The molecule has 5 nitrogen and oxygen atoms in total. The van der Waals surface area contributed by atoms with Crippen molar-refractivity contribution in [2.24, 2.45) is 0 Å². The van der Waals surface area contributed by atoms with Crippen LogP contribution in [0.1, 0.15) is 46.5 Å². The zero-order chi connectivity index (χ0) is 17.3. The summed E-state index contributed by atoms with van der Waals surface area (Å²) in [6, 6.07) is 4.04. The van der Waals surface area contributed by atoms with Gasteiger partial charge in [0.05, 0.1) is 4.88 Å². The highest BCUT2D eigenvalue weighted by molar-refractivity contribution is 7.12. The Morgan fingerprint density at radius 3 is 2.46 bits per heavy atom. The number of carbonyl (C=O) groups is 1. The van der Waals surface area contributed by atoms with Crippen LogP contribution in [-0.2, 0) is 0 Å². The Hall–Kier alpha value is -1.95. The quantitative estimate of drug-likeness (QED) is 0.858. The van der Waals surface area contributed by atoms with E-state index in [4.69, 9.17) is 4.98 Å². The van der Waals surface area contributed by atoms with Gasteiger partial charge in [-0.15, -0.1) is 11.3 Å². The van der Waals surface area contributed by atoms with Crippen LogP contribution in [0.15, 0.2) is 17.5 Å². The molecule has 3 heterocycles. The molecule has 1 saturated heterocycles. The first kappa shape index (κ1) is 16.9. The van der Waals surface area contributed by atoms with E-state index in [-0.39, 0.29) is 5.91 Å². The standard InChI is InChI=1S/C18H24N4OS/c1-12(2)17-19-14(4)11-15(20-17)21-6-8-22(9-7-21)18(23)16-13(3)5-10-24-16/h5,10-12H,6-9H2,1-4H3. The van der Waals surface area contributed by atoms with Crippen molar-refractivity contribution in [2.45, 2.75) is 33.6 Å². The molecule has 0 spiro atoms. The van der Waals surface area contributed by atoms with Gasteiger partial charge in [0.25, 0.3) is 5.91 Å². The highest BCUT2D eigenvalue weighted by Gasteiger charge is 2.25. The Bertz CT molecular complexity index is 732. The number of aryl methyl sites for hydroxylation is 2. The zero-order valence-corrected chi connectivity index (χ0v) is 15.6. The molecular weight excluding hydrogens is 320 g/mol. The van der Waals surface area contributed by atoms with Gasteiger partial charge in [0.1, 0.15) is 11.6 Å². The van der Waals surface area contributed by atoms with Crippen molar-refractivity contribution >= 4 is 23.1 Å². The van der Waals surface area contributed by atoms with Crippen molar-refractivity contribution in [2.75, 3.05) is 31.1 Å². The molecule has 0 atom stereocenters. The number of piperazine rings is 1. The molecule has 1 aliphatic rings. The van der Waals surface area contributed by atoms with E-state index in [0.717, 1.165) is 54.0 Å². The van der Waals surface area contributed by atoms with Gasteiger partial charge in [-0.1, -0.05) is 13.8 Å². The van der Waals surface area contributed by atoms with Gasteiger partial charge in [-0.2, -0.15) is 0 Å². The lowest BCUT2D eigenvalue weighted by Crippen LogP contribution is -2.49. The van der Waals surface area contributed by atoms with E-state index in [1.807, 2.05) is 36.3 Å². The van der Waals surface area contributed by atoms with E-state index >= 15 is 0 Å². The van der Waals surface area contributed by atoms with Crippen molar-refractivity contribution in [3.8, 4) is 0 Å². The van der Waals surface area contributed by atoms with E-state index in [1.54, 1.807) is 0 Å². The number of hydrogen-bond donors (Lipinski definition) is 0. The number of nitrogens with zero attached hydrogens (tertiary/aromatic N) is 4. The molecule has 1 amide bonds. The second-order valence-corrected chi connectivity index (χ2v) is 7.51. The Balaban J connectivity index is 1.69. The van der Waals surface area contributed by atoms with Gasteiger partial charge in [-0.3, -0.25) is 4.79 Å². The van der Waals surface area contributed by atoms with Crippen LogP contribution >= 0.6 is 11.3 Å². The highest BCUT2D eigenvalue weighted by atomic mass is 32.1. The Labute approximate surface area is 147 Å². The van der Waals surface area contributed by atoms with E-state index in [2.05, 4.69) is 23.7 Å². The van der Waals surface area contributed by atoms with Crippen molar-refractivity contribution in [1.82, 2.24) is 14.9 Å². The third-order valence-electron chi connectivity index (χ3n) is 4.32. The van der Waals surface area contributed by atoms with E-state index < -0.39 is 0 Å². The maximum atomic E-state index is 12.6. The molecule has 0 unspecified atom stereocenters. The molecule has 3 rings (SSSR count). The second kappa shape index (κ2) is 6.89. The second-order valence-electron chi connectivity index (χ2n) is 6.59. The highest BCUT2D eigenvalue weighted by Crippen LogP contribution is 2.21. The lowest BCUT2D eigenvalue weighted by atomic mass is 10.2. The Kier molecular flexibility index (Phi) is 4.85. The fourth-order valence-electron chi connectivity index (χ4n) is 2.87. The van der Waals surface area contributed by atoms with Crippen LogP contribution in [0.4, 0.5) is 5.82 Å². The molecule has 2 aromatic heterocycles. The molecule has 128 valence electrons. The molecule has 0 aromatic carbocycles. The summed E-state index contributed by atoms with van der Waals surface area (Å²) in [5, 5.41) is 1.98. The Morgan fingerprint density at radius 2 is 1.88 bits per heavy atom.